The Labute approximate surface area is 233 Å². The first-order chi connectivity index (χ1) is 19.5. The number of carbonyl (C=O) groups excluding carboxylic acids is 1. The number of nitrogens with zero attached hydrogens (tertiary/aromatic N) is 3. The van der Waals surface area contributed by atoms with Crippen LogP contribution in [0.25, 0.3) is 16.2 Å². The van der Waals surface area contributed by atoms with Crippen molar-refractivity contribution < 1.29 is 23.6 Å². The standard InChI is InChI=1S/C31H30N4O5/c1-21-28(17-18-30(36)37-3)31(40-34-21)24-9-13-26(14-10-24)33-19-22-5-15-27(16-6-22)39-20-29(35-38-4)23-7-11-25(32-2)12-8-23/h5-16,33H,17-20H2,1,3-4H3/b35-29+. The van der Waals surface area contributed by atoms with Gasteiger partial charge in [0.05, 0.1) is 19.4 Å². The van der Waals surface area contributed by atoms with Crippen LogP contribution in [-0.4, -0.2) is 37.7 Å². The van der Waals surface area contributed by atoms with Gasteiger partial charge in [0, 0.05) is 35.3 Å². The molecule has 3 aromatic carbocycles. The van der Waals surface area contributed by atoms with Crippen LogP contribution in [0.3, 0.4) is 0 Å². The van der Waals surface area contributed by atoms with Gasteiger partial charge in [0.1, 0.15) is 25.2 Å². The van der Waals surface area contributed by atoms with E-state index in [4.69, 9.17) is 25.4 Å². The van der Waals surface area contributed by atoms with Crippen molar-refractivity contribution in [2.24, 2.45) is 5.16 Å². The summed E-state index contributed by atoms with van der Waals surface area (Å²) < 4.78 is 16.2. The van der Waals surface area contributed by atoms with Crippen molar-refractivity contribution in [3.63, 3.8) is 0 Å². The number of aromatic nitrogens is 1. The molecule has 1 heterocycles. The number of benzene rings is 3. The summed E-state index contributed by atoms with van der Waals surface area (Å²) in [6, 6.07) is 22.9. The number of anilines is 1. The molecule has 0 aliphatic rings. The molecule has 9 nitrogen and oxygen atoms in total. The fraction of sp³-hybridized carbons (Fsp3) is 0.226. The average Bonchev–Trinajstić information content (AvgIpc) is 3.37. The van der Waals surface area contributed by atoms with Crippen LogP contribution in [0.2, 0.25) is 0 Å². The molecule has 4 rings (SSSR count). The smallest absolute Gasteiger partial charge is 0.305 e. The Hall–Kier alpha value is -5.10. The van der Waals surface area contributed by atoms with Gasteiger partial charge in [-0.05, 0) is 55.3 Å². The zero-order valence-electron chi connectivity index (χ0n) is 22.6. The zero-order chi connectivity index (χ0) is 28.3. The number of aryl methyl sites for hydroxylation is 1. The molecule has 4 aromatic rings. The van der Waals surface area contributed by atoms with Gasteiger partial charge in [-0.15, -0.1) is 0 Å². The number of hydrogen-bond acceptors (Lipinski definition) is 8. The Morgan fingerprint density at radius 2 is 1.75 bits per heavy atom. The van der Waals surface area contributed by atoms with Gasteiger partial charge in [0.2, 0.25) is 0 Å². The van der Waals surface area contributed by atoms with Crippen molar-refractivity contribution >= 4 is 23.1 Å². The van der Waals surface area contributed by atoms with Gasteiger partial charge in [-0.2, -0.15) is 0 Å². The molecule has 0 spiro atoms. The summed E-state index contributed by atoms with van der Waals surface area (Å²) in [5, 5.41) is 11.6. The van der Waals surface area contributed by atoms with Crippen molar-refractivity contribution in [2.45, 2.75) is 26.3 Å². The zero-order valence-corrected chi connectivity index (χ0v) is 22.6. The first-order valence-electron chi connectivity index (χ1n) is 12.7. The highest BCUT2D eigenvalue weighted by Gasteiger charge is 2.16. The van der Waals surface area contributed by atoms with Crippen molar-refractivity contribution in [1.82, 2.24) is 5.16 Å². The minimum absolute atomic E-state index is 0.226. The number of methoxy groups -OCH3 is 1. The lowest BCUT2D eigenvalue weighted by Gasteiger charge is -2.11. The SMILES string of the molecule is [C-]#[N+]c1ccc(/C(COc2ccc(CNc3ccc(-c4onc(C)c4CCC(=O)OC)cc3)cc2)=N/OC)cc1. The highest BCUT2D eigenvalue weighted by atomic mass is 16.6. The molecule has 0 fully saturated rings. The Morgan fingerprint density at radius 1 is 1.02 bits per heavy atom. The molecular weight excluding hydrogens is 508 g/mol. The van der Waals surface area contributed by atoms with E-state index in [0.717, 1.165) is 33.6 Å². The first kappa shape index (κ1) is 27.9. The van der Waals surface area contributed by atoms with E-state index < -0.39 is 0 Å². The summed E-state index contributed by atoms with van der Waals surface area (Å²) >= 11 is 0. The third kappa shape index (κ3) is 7.26. The molecule has 0 aliphatic carbocycles. The van der Waals surface area contributed by atoms with Gasteiger partial charge < -0.3 is 24.2 Å². The number of esters is 1. The van der Waals surface area contributed by atoms with Gasteiger partial charge >= 0.3 is 5.97 Å². The van der Waals surface area contributed by atoms with Gasteiger partial charge in [-0.25, -0.2) is 4.85 Å². The minimum Gasteiger partial charge on any atom is -0.487 e. The second-order valence-electron chi connectivity index (χ2n) is 8.89. The van der Waals surface area contributed by atoms with E-state index in [-0.39, 0.29) is 19.0 Å². The largest absolute Gasteiger partial charge is 0.487 e. The van der Waals surface area contributed by atoms with Crippen LogP contribution in [0.4, 0.5) is 11.4 Å². The van der Waals surface area contributed by atoms with Gasteiger partial charge in [0.25, 0.3) is 0 Å². The molecule has 0 atom stereocenters. The Kier molecular flexibility index (Phi) is 9.51. The fourth-order valence-corrected chi connectivity index (χ4v) is 4.04. The van der Waals surface area contributed by atoms with E-state index in [1.54, 1.807) is 12.1 Å². The molecule has 0 amide bonds. The van der Waals surface area contributed by atoms with Crippen LogP contribution < -0.4 is 10.1 Å². The molecular formula is C31H30N4O5. The Balaban J connectivity index is 1.31. The molecule has 0 unspecified atom stereocenters. The van der Waals surface area contributed by atoms with Crippen molar-refractivity contribution in [3.8, 4) is 17.1 Å². The minimum atomic E-state index is -0.265. The monoisotopic (exact) mass is 538 g/mol. The number of rotatable bonds is 12. The van der Waals surface area contributed by atoms with Crippen LogP contribution in [0, 0.1) is 13.5 Å². The average molecular weight is 539 g/mol. The van der Waals surface area contributed by atoms with Gasteiger partial charge in [0.15, 0.2) is 11.4 Å². The van der Waals surface area contributed by atoms with Crippen molar-refractivity contribution in [1.29, 1.82) is 0 Å². The maximum Gasteiger partial charge on any atom is 0.305 e. The lowest BCUT2D eigenvalue weighted by atomic mass is 10.0. The van der Waals surface area contributed by atoms with Crippen LogP contribution in [-0.2, 0) is 27.3 Å². The fourth-order valence-electron chi connectivity index (χ4n) is 4.04. The third-order valence-electron chi connectivity index (χ3n) is 6.27. The lowest BCUT2D eigenvalue weighted by Crippen LogP contribution is -2.13. The Morgan fingerprint density at radius 3 is 2.40 bits per heavy atom. The summed E-state index contributed by atoms with van der Waals surface area (Å²) in [5.41, 5.74) is 6.65. The third-order valence-corrected chi connectivity index (χ3v) is 6.27. The highest BCUT2D eigenvalue weighted by molar-refractivity contribution is 6.01. The van der Waals surface area contributed by atoms with Gasteiger partial charge in [-0.3, -0.25) is 4.79 Å². The molecule has 0 saturated carbocycles. The summed E-state index contributed by atoms with van der Waals surface area (Å²) in [5.74, 6) is 1.11. The van der Waals surface area contributed by atoms with E-state index in [1.807, 2.05) is 67.6 Å². The number of nitrogens with one attached hydrogen (secondary N) is 1. The molecule has 0 saturated heterocycles. The molecule has 0 aliphatic heterocycles. The molecule has 204 valence electrons. The predicted octanol–water partition coefficient (Wildman–Crippen LogP) is 6.35. The van der Waals surface area contributed by atoms with Crippen LogP contribution >= 0.6 is 0 Å². The number of ether oxygens (including phenoxy) is 2. The van der Waals surface area contributed by atoms with Crippen LogP contribution in [0.1, 0.15) is 28.8 Å². The number of oxime groups is 1. The van der Waals surface area contributed by atoms with Crippen molar-refractivity contribution in [2.75, 3.05) is 26.1 Å². The predicted molar refractivity (Wildman–Crippen MR) is 153 cm³/mol. The molecule has 40 heavy (non-hydrogen) atoms. The second kappa shape index (κ2) is 13.6. The quantitative estimate of drug-likeness (QED) is 0.0971. The highest BCUT2D eigenvalue weighted by Crippen LogP contribution is 2.28. The molecule has 0 radical (unpaired) electrons. The van der Waals surface area contributed by atoms with E-state index >= 15 is 0 Å². The maximum absolute atomic E-state index is 11.6. The number of carbonyl (C=O) groups is 1. The lowest BCUT2D eigenvalue weighted by molar-refractivity contribution is -0.140. The normalized spacial score (nSPS) is 11.0. The van der Waals surface area contributed by atoms with Crippen LogP contribution in [0.15, 0.2) is 82.5 Å². The molecule has 0 bridgehead atoms. The maximum atomic E-state index is 11.6. The number of hydrogen-bond donors (Lipinski definition) is 1. The molecule has 1 aromatic heterocycles. The van der Waals surface area contributed by atoms with Crippen LogP contribution in [0.5, 0.6) is 5.75 Å². The Bertz CT molecular complexity index is 1480. The van der Waals surface area contributed by atoms with Gasteiger partial charge in [-0.1, -0.05) is 46.7 Å². The summed E-state index contributed by atoms with van der Waals surface area (Å²) in [7, 11) is 2.87. The van der Waals surface area contributed by atoms with E-state index in [2.05, 4.69) is 20.5 Å². The van der Waals surface area contributed by atoms with E-state index in [9.17, 15) is 4.79 Å². The van der Waals surface area contributed by atoms with E-state index in [0.29, 0.717) is 35.9 Å². The summed E-state index contributed by atoms with van der Waals surface area (Å²) in [6.45, 7) is 9.82. The summed E-state index contributed by atoms with van der Waals surface area (Å²) in [6.07, 6.45) is 0.781. The van der Waals surface area contributed by atoms with Crippen molar-refractivity contribution in [3.05, 3.63) is 107 Å². The first-order valence-corrected chi connectivity index (χ1v) is 12.7. The second-order valence-corrected chi connectivity index (χ2v) is 8.89. The molecule has 9 heteroatoms. The summed E-state index contributed by atoms with van der Waals surface area (Å²) in [4.78, 5) is 20.0. The van der Waals surface area contributed by atoms with E-state index in [1.165, 1.54) is 14.2 Å². The molecule has 1 N–H and O–H groups in total. The topological polar surface area (TPSA) is 99.5 Å².